The molecule has 2 aromatic rings. The van der Waals surface area contributed by atoms with Crippen LogP contribution in [0.25, 0.3) is 11.1 Å². The van der Waals surface area contributed by atoms with E-state index < -0.39 is 25.8 Å². The van der Waals surface area contributed by atoms with Crippen LogP contribution in [-0.4, -0.2) is 45.0 Å². The van der Waals surface area contributed by atoms with Crippen LogP contribution in [0.5, 0.6) is 0 Å². The Kier molecular flexibility index (Phi) is 9.00. The quantitative estimate of drug-likeness (QED) is 0.318. The molecule has 186 valence electrons. The summed E-state index contributed by atoms with van der Waals surface area (Å²) in [5.74, 6) is -1.82. The Bertz CT molecular complexity index is 1020. The van der Waals surface area contributed by atoms with Gasteiger partial charge in [-0.25, -0.2) is 14.0 Å². The highest BCUT2D eigenvalue weighted by atomic mass is 28.3. The first-order valence-corrected chi connectivity index (χ1v) is 14.0. The minimum atomic E-state index is -2.02. The molecule has 1 aromatic heterocycles. The average Bonchev–Trinajstić information content (AvgIpc) is 3.14. The van der Waals surface area contributed by atoms with Crippen LogP contribution >= 0.6 is 0 Å². The number of H-pyrrole nitrogens is 1. The maximum atomic E-state index is 13.6. The number of methoxy groups -OCH3 is 2. The number of nitrogens with one attached hydrogen (secondary N) is 1. The number of aromatic nitrogens is 1. The van der Waals surface area contributed by atoms with Gasteiger partial charge in [0.15, 0.2) is 0 Å². The van der Waals surface area contributed by atoms with Crippen LogP contribution < -0.4 is 0 Å². The number of Topliss-reactive ketones (excluding diaryl/α,β-unsaturated/α-hetero) is 1. The molecule has 0 bridgehead atoms. The van der Waals surface area contributed by atoms with Gasteiger partial charge in [-0.3, -0.25) is 4.79 Å². The topological polar surface area (TPSA) is 85.5 Å². The number of hydrogen-bond donors (Lipinski definition) is 1. The fourth-order valence-corrected chi connectivity index (χ4v) is 11.4. The zero-order valence-corrected chi connectivity index (χ0v) is 22.4. The fourth-order valence-electron chi connectivity index (χ4n) is 5.39. The number of rotatable bonds is 10. The molecule has 0 saturated carbocycles. The lowest BCUT2D eigenvalue weighted by Gasteiger charge is -2.43. The first kappa shape index (κ1) is 27.5. The van der Waals surface area contributed by atoms with Gasteiger partial charge in [-0.1, -0.05) is 70.3 Å². The molecule has 6 nitrogen and oxygen atoms in total. The van der Waals surface area contributed by atoms with Gasteiger partial charge in [-0.2, -0.15) is 0 Å². The van der Waals surface area contributed by atoms with Crippen LogP contribution in [0.2, 0.25) is 22.7 Å². The molecule has 0 aliphatic carbocycles. The number of hydrogen-bond acceptors (Lipinski definition) is 5. The highest BCUT2D eigenvalue weighted by molar-refractivity contribution is 6.85. The van der Waals surface area contributed by atoms with Crippen LogP contribution in [0, 0.1) is 5.82 Å². The molecule has 0 spiro atoms. The number of aromatic amines is 1. The summed E-state index contributed by atoms with van der Waals surface area (Å²) in [6.45, 7) is 13.1. The fraction of sp³-hybridized carbons (Fsp3) is 0.500. The second kappa shape index (κ2) is 11.1. The molecule has 1 aromatic carbocycles. The Morgan fingerprint density at radius 1 is 0.882 bits per heavy atom. The van der Waals surface area contributed by atoms with E-state index in [0.29, 0.717) is 33.9 Å². The smallest absolute Gasteiger partial charge is 0.355 e. The third-order valence-corrected chi connectivity index (χ3v) is 14.5. The number of esters is 2. The Hall–Kier alpha value is -2.74. The van der Waals surface area contributed by atoms with Crippen molar-refractivity contribution < 1.29 is 28.2 Å². The van der Waals surface area contributed by atoms with Crippen LogP contribution in [-0.2, 0) is 20.7 Å². The lowest BCUT2D eigenvalue weighted by molar-refractivity contribution is -0.116. The van der Waals surface area contributed by atoms with Crippen molar-refractivity contribution in [1.82, 2.24) is 4.98 Å². The Morgan fingerprint density at radius 3 is 1.82 bits per heavy atom. The summed E-state index contributed by atoms with van der Waals surface area (Å²) < 4.78 is 23.5. The largest absolute Gasteiger partial charge is 0.465 e. The van der Waals surface area contributed by atoms with Crippen LogP contribution in [0.3, 0.4) is 0 Å². The predicted octanol–water partition coefficient (Wildman–Crippen LogP) is 6.18. The van der Waals surface area contributed by atoms with E-state index in [0.717, 1.165) is 0 Å². The van der Waals surface area contributed by atoms with Crippen molar-refractivity contribution in [1.29, 1.82) is 0 Å². The number of carbonyl (C=O) groups excluding carboxylic acids is 3. The molecule has 0 aliphatic heterocycles. The third kappa shape index (κ3) is 5.32. The number of ketones is 1. The normalized spacial score (nSPS) is 11.9. The van der Waals surface area contributed by atoms with Gasteiger partial charge in [0, 0.05) is 23.7 Å². The molecule has 0 unspecified atom stereocenters. The van der Waals surface area contributed by atoms with Crippen LogP contribution in [0.1, 0.15) is 68.1 Å². The monoisotopic (exact) mass is 489 g/mol. The Balaban J connectivity index is 2.63. The molecule has 34 heavy (non-hydrogen) atoms. The number of benzene rings is 1. The van der Waals surface area contributed by atoms with Crippen molar-refractivity contribution >= 4 is 25.8 Å². The molecular weight excluding hydrogens is 453 g/mol. The molecule has 0 fully saturated rings. The molecule has 1 N–H and O–H groups in total. The summed E-state index contributed by atoms with van der Waals surface area (Å²) in [7, 11) is 0.452. The highest BCUT2D eigenvalue weighted by Gasteiger charge is 2.44. The van der Waals surface area contributed by atoms with Gasteiger partial charge in [0.1, 0.15) is 17.3 Å². The van der Waals surface area contributed by atoms with Crippen molar-refractivity contribution in [3.63, 3.8) is 0 Å². The Morgan fingerprint density at radius 2 is 1.38 bits per heavy atom. The third-order valence-electron chi connectivity index (χ3n) is 7.09. The van der Waals surface area contributed by atoms with Gasteiger partial charge < -0.3 is 14.5 Å². The molecular formula is C26H36FNO5Si. The summed E-state index contributed by atoms with van der Waals surface area (Å²) in [6.07, 6.45) is -0.0451. The number of ether oxygens (including phenoxy) is 2. The van der Waals surface area contributed by atoms with E-state index in [1.807, 2.05) is 0 Å². The average molecular weight is 490 g/mol. The van der Waals surface area contributed by atoms with Crippen molar-refractivity contribution in [2.24, 2.45) is 0 Å². The molecule has 0 atom stereocenters. The van der Waals surface area contributed by atoms with Gasteiger partial charge in [-0.05, 0) is 17.7 Å². The number of carbonyl (C=O) groups is 3. The molecule has 0 amide bonds. The van der Waals surface area contributed by atoms with Crippen LogP contribution in [0.4, 0.5) is 4.39 Å². The van der Waals surface area contributed by atoms with Gasteiger partial charge in [-0.15, -0.1) is 0 Å². The van der Waals surface area contributed by atoms with E-state index in [9.17, 15) is 18.8 Å². The zero-order chi connectivity index (χ0) is 25.8. The van der Waals surface area contributed by atoms with Gasteiger partial charge in [0.2, 0.25) is 0 Å². The molecule has 0 saturated heterocycles. The zero-order valence-electron chi connectivity index (χ0n) is 21.4. The minimum Gasteiger partial charge on any atom is -0.465 e. The maximum absolute atomic E-state index is 13.6. The Labute approximate surface area is 202 Å². The van der Waals surface area contributed by atoms with E-state index in [2.05, 4.69) is 46.5 Å². The van der Waals surface area contributed by atoms with Gasteiger partial charge in [0.05, 0.1) is 27.9 Å². The molecule has 0 radical (unpaired) electrons. The predicted molar refractivity (Wildman–Crippen MR) is 133 cm³/mol. The van der Waals surface area contributed by atoms with Crippen molar-refractivity contribution in [2.75, 3.05) is 14.2 Å². The van der Waals surface area contributed by atoms with E-state index in [1.165, 1.54) is 38.5 Å². The number of halogens is 1. The van der Waals surface area contributed by atoms with Crippen molar-refractivity contribution in [3.8, 4) is 11.1 Å². The lowest BCUT2D eigenvalue weighted by Crippen LogP contribution is -2.46. The SMILES string of the molecule is COC(=O)c1[nH]c(CC(=O)C[Si](C(C)C)(C(C)C)C(C)C)c(C(=O)OC)c1-c1ccc(F)cc1. The summed E-state index contributed by atoms with van der Waals surface area (Å²) in [4.78, 5) is 41.8. The highest BCUT2D eigenvalue weighted by Crippen LogP contribution is 2.45. The minimum absolute atomic E-state index is 0.0104. The first-order chi connectivity index (χ1) is 15.9. The van der Waals surface area contributed by atoms with Gasteiger partial charge >= 0.3 is 11.9 Å². The summed E-state index contributed by atoms with van der Waals surface area (Å²) in [6, 6.07) is 5.89. The summed E-state index contributed by atoms with van der Waals surface area (Å²) >= 11 is 0. The van der Waals surface area contributed by atoms with E-state index in [1.54, 1.807) is 0 Å². The van der Waals surface area contributed by atoms with Crippen molar-refractivity contribution in [2.45, 2.75) is 70.6 Å². The summed E-state index contributed by atoms with van der Waals surface area (Å²) in [5, 5.41) is 0. The standard InChI is InChI=1S/C26H36FNO5Si/c1-15(2)34(16(3)4,17(5)6)14-20(29)13-21-23(25(30)32-7)22(24(28-21)26(31)33-8)18-9-11-19(27)12-10-18/h9-12,15-17,28H,13-14H2,1-8H3. The first-order valence-electron chi connectivity index (χ1n) is 11.6. The summed E-state index contributed by atoms with van der Waals surface area (Å²) in [5.41, 5.74) is 2.30. The van der Waals surface area contributed by atoms with Crippen LogP contribution in [0.15, 0.2) is 24.3 Å². The van der Waals surface area contributed by atoms with E-state index in [-0.39, 0.29) is 29.0 Å². The lowest BCUT2D eigenvalue weighted by atomic mass is 9.98. The second-order valence-corrected chi connectivity index (χ2v) is 15.7. The van der Waals surface area contributed by atoms with E-state index in [4.69, 9.17) is 9.47 Å². The molecule has 2 rings (SSSR count). The molecule has 8 heteroatoms. The van der Waals surface area contributed by atoms with E-state index >= 15 is 0 Å². The maximum Gasteiger partial charge on any atom is 0.355 e. The second-order valence-electron chi connectivity index (χ2n) is 9.69. The van der Waals surface area contributed by atoms with Gasteiger partial charge in [0.25, 0.3) is 0 Å². The van der Waals surface area contributed by atoms with Crippen molar-refractivity contribution in [3.05, 3.63) is 47.0 Å². The molecule has 0 aliphatic rings. The molecule has 1 heterocycles.